The first-order valence-corrected chi connectivity index (χ1v) is 12.8. The Hall–Kier alpha value is -1.93. The van der Waals surface area contributed by atoms with E-state index in [-0.39, 0.29) is 13.2 Å². The molecular weight excluding hydrogens is 506 g/mol. The van der Waals surface area contributed by atoms with Crippen LogP contribution < -0.4 is 9.47 Å². The molecule has 0 radical (unpaired) electrons. The number of phosphoric ester groups is 1. The second-order valence-electron chi connectivity index (χ2n) is 7.00. The Balaban J connectivity index is 1.54. The van der Waals surface area contributed by atoms with Crippen LogP contribution in [-0.4, -0.2) is 44.0 Å². The Labute approximate surface area is 209 Å². The third-order valence-electron chi connectivity index (χ3n) is 4.50. The predicted octanol–water partition coefficient (Wildman–Crippen LogP) is 6.25. The van der Waals surface area contributed by atoms with Gasteiger partial charge in [-0.25, -0.2) is 4.57 Å². The topological polar surface area (TPSA) is 97.4 Å². The van der Waals surface area contributed by atoms with Gasteiger partial charge in [0.25, 0.3) is 10.5 Å². The van der Waals surface area contributed by atoms with Crippen LogP contribution in [-0.2, 0) is 18.1 Å². The predicted molar refractivity (Wildman–Crippen MR) is 129 cm³/mol. The maximum Gasteiger partial charge on any atom is 0.474 e. The number of rotatable bonds is 17. The molecule has 0 aliphatic rings. The molecule has 0 fully saturated rings. The number of carbonyl (C=O) groups is 2. The molecule has 11 heteroatoms. The SMILES string of the molecule is COP(=O)(OCCCCOc1ccc(C(=O)Cl)cc1)OCCCCOc1ccc(C(=O)Cl)cc1. The summed E-state index contributed by atoms with van der Waals surface area (Å²) in [6.07, 6.45) is 2.52. The second-order valence-corrected chi connectivity index (χ2v) is 9.47. The van der Waals surface area contributed by atoms with Crippen molar-refractivity contribution in [3.63, 3.8) is 0 Å². The molecule has 2 rings (SSSR count). The second kappa shape index (κ2) is 15.1. The molecule has 0 heterocycles. The number of phosphoric acid groups is 1. The number of benzene rings is 2. The average Bonchev–Trinajstić information content (AvgIpc) is 2.84. The Morgan fingerprint density at radius 1 is 0.676 bits per heavy atom. The molecular formula is C23H27Cl2O8P. The number of halogens is 2. The number of carbonyl (C=O) groups excluding carboxylic acids is 2. The number of unbranched alkanes of at least 4 members (excludes halogenated alkanes) is 2. The minimum absolute atomic E-state index is 0.193. The number of hydrogen-bond donors (Lipinski definition) is 0. The first kappa shape index (κ1) is 28.3. The quantitative estimate of drug-likeness (QED) is 0.134. The third-order valence-corrected chi connectivity index (χ3v) is 6.38. The van der Waals surface area contributed by atoms with Crippen molar-refractivity contribution in [3.05, 3.63) is 59.7 Å². The van der Waals surface area contributed by atoms with Crippen molar-refractivity contribution in [1.82, 2.24) is 0 Å². The Kier molecular flexibility index (Phi) is 12.6. The van der Waals surface area contributed by atoms with Gasteiger partial charge in [-0.3, -0.25) is 23.2 Å². The van der Waals surface area contributed by atoms with Gasteiger partial charge in [0.05, 0.1) is 26.4 Å². The normalized spacial score (nSPS) is 11.3. The molecule has 0 bridgehead atoms. The number of ether oxygens (including phenoxy) is 2. The van der Waals surface area contributed by atoms with Gasteiger partial charge in [0.15, 0.2) is 0 Å². The molecule has 2 aromatic rings. The summed E-state index contributed by atoms with van der Waals surface area (Å²) in [7, 11) is -2.34. The van der Waals surface area contributed by atoms with Crippen molar-refractivity contribution in [1.29, 1.82) is 0 Å². The van der Waals surface area contributed by atoms with Gasteiger partial charge >= 0.3 is 7.82 Å². The van der Waals surface area contributed by atoms with Crippen LogP contribution >= 0.6 is 31.0 Å². The molecule has 0 spiro atoms. The molecule has 8 nitrogen and oxygen atoms in total. The lowest BCUT2D eigenvalue weighted by Gasteiger charge is -2.16. The van der Waals surface area contributed by atoms with Crippen LogP contribution in [0.15, 0.2) is 48.5 Å². The van der Waals surface area contributed by atoms with Crippen LogP contribution in [0.3, 0.4) is 0 Å². The summed E-state index contributed by atoms with van der Waals surface area (Å²) in [6, 6.07) is 13.0. The van der Waals surface area contributed by atoms with Crippen molar-refractivity contribution in [3.8, 4) is 11.5 Å². The zero-order chi connectivity index (χ0) is 24.8. The highest BCUT2D eigenvalue weighted by molar-refractivity contribution is 7.48. The molecule has 0 N–H and O–H groups in total. The molecule has 186 valence electrons. The summed E-state index contributed by atoms with van der Waals surface area (Å²) in [6.45, 7) is 1.25. The van der Waals surface area contributed by atoms with E-state index in [2.05, 4.69) is 0 Å². The molecule has 0 atom stereocenters. The first-order chi connectivity index (χ1) is 16.3. The maximum absolute atomic E-state index is 12.5. The lowest BCUT2D eigenvalue weighted by Crippen LogP contribution is -2.04. The fourth-order valence-corrected chi connectivity index (χ4v) is 3.89. The van der Waals surface area contributed by atoms with Gasteiger partial charge in [-0.05, 0) is 97.4 Å². The van der Waals surface area contributed by atoms with Gasteiger partial charge in [-0.15, -0.1) is 0 Å². The lowest BCUT2D eigenvalue weighted by atomic mass is 10.2. The highest BCUT2D eigenvalue weighted by atomic mass is 35.5. The Morgan fingerprint density at radius 2 is 1.03 bits per heavy atom. The summed E-state index contributed by atoms with van der Waals surface area (Å²) < 4.78 is 39.2. The summed E-state index contributed by atoms with van der Waals surface area (Å²) in [4.78, 5) is 22.1. The van der Waals surface area contributed by atoms with E-state index in [1.807, 2.05) is 0 Å². The van der Waals surface area contributed by atoms with Crippen molar-refractivity contribution >= 4 is 41.5 Å². The van der Waals surface area contributed by atoms with E-state index >= 15 is 0 Å². The Bertz CT molecular complexity index is 877. The van der Waals surface area contributed by atoms with Crippen LogP contribution in [0.25, 0.3) is 0 Å². The standard InChI is InChI=1S/C23H27Cl2O8P/c1-29-34(28,32-16-4-2-14-30-20-10-6-18(7-11-20)22(24)26)33-17-5-3-15-31-21-12-8-19(9-13-21)23(25)27/h6-13H,2-5,14-17H2,1H3. The van der Waals surface area contributed by atoms with Gasteiger partial charge in [0.1, 0.15) is 11.5 Å². The van der Waals surface area contributed by atoms with Crippen LogP contribution in [0, 0.1) is 0 Å². The minimum atomic E-state index is -3.61. The molecule has 0 saturated heterocycles. The monoisotopic (exact) mass is 532 g/mol. The number of hydrogen-bond acceptors (Lipinski definition) is 8. The maximum atomic E-state index is 12.5. The fraction of sp³-hybridized carbons (Fsp3) is 0.391. The summed E-state index contributed by atoms with van der Waals surface area (Å²) >= 11 is 10.8. The van der Waals surface area contributed by atoms with Crippen LogP contribution in [0.1, 0.15) is 46.4 Å². The molecule has 0 amide bonds. The average molecular weight is 533 g/mol. The highest BCUT2D eigenvalue weighted by Crippen LogP contribution is 2.48. The van der Waals surface area contributed by atoms with E-state index in [1.165, 1.54) is 7.11 Å². The van der Waals surface area contributed by atoms with Gasteiger partial charge in [0.2, 0.25) is 0 Å². The van der Waals surface area contributed by atoms with Crippen molar-refractivity contribution < 1.29 is 37.2 Å². The van der Waals surface area contributed by atoms with Gasteiger partial charge in [-0.1, -0.05) is 0 Å². The van der Waals surface area contributed by atoms with E-state index in [1.54, 1.807) is 48.5 Å². The van der Waals surface area contributed by atoms with E-state index in [0.29, 0.717) is 61.5 Å². The summed E-state index contributed by atoms with van der Waals surface area (Å²) in [5, 5.41) is -1.04. The summed E-state index contributed by atoms with van der Waals surface area (Å²) in [5.74, 6) is 1.25. The molecule has 0 saturated carbocycles. The van der Waals surface area contributed by atoms with Crippen molar-refractivity contribution in [2.24, 2.45) is 0 Å². The van der Waals surface area contributed by atoms with Gasteiger partial charge in [0, 0.05) is 18.2 Å². The fourth-order valence-electron chi connectivity index (χ4n) is 2.65. The smallest absolute Gasteiger partial charge is 0.474 e. The van der Waals surface area contributed by atoms with Crippen LogP contribution in [0.5, 0.6) is 11.5 Å². The minimum Gasteiger partial charge on any atom is -0.494 e. The molecule has 34 heavy (non-hydrogen) atoms. The first-order valence-electron chi connectivity index (χ1n) is 10.6. The van der Waals surface area contributed by atoms with Crippen LogP contribution in [0.4, 0.5) is 0 Å². The van der Waals surface area contributed by atoms with Crippen LogP contribution in [0.2, 0.25) is 0 Å². The molecule has 0 unspecified atom stereocenters. The highest BCUT2D eigenvalue weighted by Gasteiger charge is 2.24. The third kappa shape index (κ3) is 10.6. The van der Waals surface area contributed by atoms with Crippen molar-refractivity contribution in [2.75, 3.05) is 33.5 Å². The molecule has 2 aromatic carbocycles. The zero-order valence-electron chi connectivity index (χ0n) is 18.7. The zero-order valence-corrected chi connectivity index (χ0v) is 21.2. The molecule has 0 aromatic heterocycles. The van der Waals surface area contributed by atoms with E-state index < -0.39 is 18.3 Å². The molecule has 0 aliphatic carbocycles. The lowest BCUT2D eigenvalue weighted by molar-refractivity contribution is 0.107. The largest absolute Gasteiger partial charge is 0.494 e. The van der Waals surface area contributed by atoms with Crippen molar-refractivity contribution in [2.45, 2.75) is 25.7 Å². The van der Waals surface area contributed by atoms with Gasteiger partial charge in [-0.2, -0.15) is 0 Å². The summed E-state index contributed by atoms with van der Waals surface area (Å²) in [5.41, 5.74) is 0.808. The Morgan fingerprint density at radius 3 is 1.35 bits per heavy atom. The van der Waals surface area contributed by atoms with E-state index in [0.717, 1.165) is 0 Å². The van der Waals surface area contributed by atoms with E-state index in [9.17, 15) is 14.2 Å². The molecule has 0 aliphatic heterocycles. The van der Waals surface area contributed by atoms with Gasteiger partial charge < -0.3 is 9.47 Å². The van der Waals surface area contributed by atoms with E-state index in [4.69, 9.17) is 46.2 Å².